The summed E-state index contributed by atoms with van der Waals surface area (Å²) in [4.78, 5) is 5.45. The molecule has 0 saturated heterocycles. The lowest BCUT2D eigenvalue weighted by Gasteiger charge is -2.18. The van der Waals surface area contributed by atoms with Gasteiger partial charge in [0.25, 0.3) is 5.69 Å². The number of phenols is 1. The number of aromatic hydroxyl groups is 2. The molecule has 0 bridgehead atoms. The van der Waals surface area contributed by atoms with Gasteiger partial charge in [0.1, 0.15) is 11.4 Å². The van der Waals surface area contributed by atoms with Crippen molar-refractivity contribution in [1.29, 1.82) is 0 Å². The summed E-state index contributed by atoms with van der Waals surface area (Å²) in [7, 11) is 0. The van der Waals surface area contributed by atoms with E-state index in [0.29, 0.717) is 10.3 Å². The van der Waals surface area contributed by atoms with Crippen molar-refractivity contribution in [3.63, 3.8) is 0 Å². The lowest BCUT2D eigenvalue weighted by atomic mass is 9.99. The highest BCUT2D eigenvalue weighted by atomic mass is 16.6. The Morgan fingerprint density at radius 3 is 2.33 bits per heavy atom. The predicted molar refractivity (Wildman–Crippen MR) is 91.1 cm³/mol. The van der Waals surface area contributed by atoms with E-state index in [1.165, 1.54) is 18.3 Å². The number of rotatable bonds is 3. The van der Waals surface area contributed by atoms with Crippen LogP contribution in [0.2, 0.25) is 0 Å². The Labute approximate surface area is 141 Å². The van der Waals surface area contributed by atoms with E-state index < -0.39 is 5.60 Å². The molecule has 0 atom stereocenters. The molecule has 0 aliphatic heterocycles. The largest absolute Gasteiger partial charge is 0.618 e. The van der Waals surface area contributed by atoms with Gasteiger partial charge < -0.3 is 20.3 Å². The van der Waals surface area contributed by atoms with Crippen molar-refractivity contribution in [3.8, 4) is 11.5 Å². The van der Waals surface area contributed by atoms with Gasteiger partial charge in [-0.1, -0.05) is 5.16 Å². The Morgan fingerprint density at radius 1 is 1.12 bits per heavy atom. The highest BCUT2D eigenvalue weighted by molar-refractivity contribution is 6.13. The molecule has 0 saturated carbocycles. The van der Waals surface area contributed by atoms with Gasteiger partial charge in [-0.15, -0.1) is 0 Å². The molecule has 0 aliphatic carbocycles. The maximum absolute atomic E-state index is 12.2. The molecule has 0 fully saturated rings. The lowest BCUT2D eigenvalue weighted by molar-refractivity contribution is -0.607. The number of aryl methyl sites for hydroxylation is 2. The first kappa shape index (κ1) is 17.6. The normalized spacial score (nSPS) is 12.3. The highest BCUT2D eigenvalue weighted by Gasteiger charge is 2.26. The van der Waals surface area contributed by atoms with Crippen LogP contribution in [-0.4, -0.2) is 21.5 Å². The van der Waals surface area contributed by atoms with Crippen molar-refractivity contribution in [2.45, 2.75) is 40.2 Å². The van der Waals surface area contributed by atoms with Crippen LogP contribution in [0.25, 0.3) is 0 Å². The van der Waals surface area contributed by atoms with Crippen LogP contribution < -0.4 is 4.73 Å². The fraction of sp³-hybridized carbons (Fsp3) is 0.333. The lowest BCUT2D eigenvalue weighted by Crippen LogP contribution is -2.35. The first-order chi connectivity index (χ1) is 11.1. The first-order valence-corrected chi connectivity index (χ1v) is 7.58. The van der Waals surface area contributed by atoms with Crippen molar-refractivity contribution in [2.75, 3.05) is 0 Å². The minimum absolute atomic E-state index is 0.0439. The molecule has 0 radical (unpaired) electrons. The molecular formula is C18H22N2O4. The van der Waals surface area contributed by atoms with Gasteiger partial charge >= 0.3 is 0 Å². The number of phenolic OH excluding ortho intramolecular Hbond substituents is 1. The third kappa shape index (κ3) is 3.76. The maximum Gasteiger partial charge on any atom is 0.288 e. The van der Waals surface area contributed by atoms with Crippen LogP contribution in [0.1, 0.15) is 43.2 Å². The smallest absolute Gasteiger partial charge is 0.288 e. The summed E-state index contributed by atoms with van der Waals surface area (Å²) in [5.41, 5.74) is 1.52. The van der Waals surface area contributed by atoms with Crippen molar-refractivity contribution in [1.82, 2.24) is 0 Å². The molecule has 2 rings (SSSR count). The maximum atomic E-state index is 12.2. The second-order valence-corrected chi connectivity index (χ2v) is 6.67. The molecule has 2 aromatic rings. The number of nitrogens with zero attached hydrogens (tertiary/aromatic N) is 2. The molecule has 6 nitrogen and oxygen atoms in total. The van der Waals surface area contributed by atoms with Crippen LogP contribution in [-0.2, 0) is 4.84 Å². The molecule has 2 N–H and O–H groups in total. The van der Waals surface area contributed by atoms with Gasteiger partial charge in [-0.25, -0.2) is 0 Å². The van der Waals surface area contributed by atoms with E-state index in [2.05, 4.69) is 5.16 Å². The molecule has 0 amide bonds. The fourth-order valence-corrected chi connectivity index (χ4v) is 2.10. The van der Waals surface area contributed by atoms with Crippen LogP contribution in [0, 0.1) is 19.1 Å². The molecule has 0 aliphatic rings. The summed E-state index contributed by atoms with van der Waals surface area (Å²) in [5.74, 6) is -0.293. The average Bonchev–Trinajstić information content (AvgIpc) is 2.45. The van der Waals surface area contributed by atoms with E-state index in [1.807, 2.05) is 34.6 Å². The minimum Gasteiger partial charge on any atom is -0.618 e. The Bertz CT molecular complexity index is 772. The van der Waals surface area contributed by atoms with E-state index >= 15 is 0 Å². The second kappa shape index (κ2) is 6.39. The number of hydrogen-bond acceptors (Lipinski definition) is 5. The van der Waals surface area contributed by atoms with Crippen LogP contribution in [0.4, 0.5) is 0 Å². The van der Waals surface area contributed by atoms with Crippen molar-refractivity contribution in [3.05, 3.63) is 58.1 Å². The van der Waals surface area contributed by atoms with Crippen molar-refractivity contribution in [2.24, 2.45) is 5.16 Å². The highest BCUT2D eigenvalue weighted by Crippen LogP contribution is 2.27. The standard InChI is InChI=1S/C18H22N2O4/c1-11-9-13(15(22)10-12(11)2)16(19-24-18(3,4)5)17-14(21)7-6-8-20(17)23/h6-10,21-22H,1-5H3. The second-order valence-electron chi connectivity index (χ2n) is 6.67. The third-order valence-corrected chi connectivity index (χ3v) is 3.44. The number of aromatic nitrogens is 1. The molecule has 24 heavy (non-hydrogen) atoms. The Kier molecular flexibility index (Phi) is 4.68. The third-order valence-electron chi connectivity index (χ3n) is 3.44. The quantitative estimate of drug-likeness (QED) is 0.392. The molecule has 1 heterocycles. The number of benzene rings is 1. The summed E-state index contributed by atoms with van der Waals surface area (Å²) in [6.45, 7) is 9.19. The predicted octanol–water partition coefficient (Wildman–Crippen LogP) is 2.92. The Hall–Kier alpha value is -2.76. The zero-order chi connectivity index (χ0) is 18.1. The number of pyridine rings is 1. The summed E-state index contributed by atoms with van der Waals surface area (Å²) < 4.78 is 0.495. The summed E-state index contributed by atoms with van der Waals surface area (Å²) >= 11 is 0. The first-order valence-electron chi connectivity index (χ1n) is 7.58. The van der Waals surface area contributed by atoms with Crippen LogP contribution >= 0.6 is 0 Å². The Morgan fingerprint density at radius 2 is 1.75 bits per heavy atom. The molecule has 0 unspecified atom stereocenters. The number of oxime groups is 1. The monoisotopic (exact) mass is 330 g/mol. The van der Waals surface area contributed by atoms with E-state index in [-0.39, 0.29) is 22.9 Å². The van der Waals surface area contributed by atoms with Gasteiger partial charge in [0.2, 0.25) is 0 Å². The van der Waals surface area contributed by atoms with E-state index in [9.17, 15) is 15.4 Å². The SMILES string of the molecule is Cc1cc(O)c(C(=NOC(C)(C)C)c2c(O)ccc[n+]2[O-])cc1C. The summed E-state index contributed by atoms with van der Waals surface area (Å²) in [5, 5.41) is 36.7. The molecular weight excluding hydrogens is 308 g/mol. The van der Waals surface area contributed by atoms with Gasteiger partial charge in [-0.3, -0.25) is 0 Å². The molecule has 0 spiro atoms. The summed E-state index contributed by atoms with van der Waals surface area (Å²) in [6.07, 6.45) is 1.25. The zero-order valence-corrected chi connectivity index (χ0v) is 14.5. The fourth-order valence-electron chi connectivity index (χ4n) is 2.10. The van der Waals surface area contributed by atoms with E-state index in [1.54, 1.807) is 12.1 Å². The van der Waals surface area contributed by atoms with Crippen molar-refractivity contribution < 1.29 is 19.8 Å². The zero-order valence-electron chi connectivity index (χ0n) is 14.5. The van der Waals surface area contributed by atoms with Crippen molar-refractivity contribution >= 4 is 5.71 Å². The average molecular weight is 330 g/mol. The van der Waals surface area contributed by atoms with E-state index in [4.69, 9.17) is 4.84 Å². The molecule has 1 aromatic heterocycles. The molecule has 128 valence electrons. The number of hydrogen-bond donors (Lipinski definition) is 2. The van der Waals surface area contributed by atoms with Gasteiger partial charge in [-0.2, -0.15) is 4.73 Å². The van der Waals surface area contributed by atoms with Gasteiger partial charge in [0, 0.05) is 6.07 Å². The summed E-state index contributed by atoms with van der Waals surface area (Å²) in [6, 6.07) is 6.11. The topological polar surface area (TPSA) is 89.0 Å². The van der Waals surface area contributed by atoms with Gasteiger partial charge in [-0.05, 0) is 63.9 Å². The molecule has 6 heteroatoms. The molecule has 1 aromatic carbocycles. The Balaban J connectivity index is 2.72. The van der Waals surface area contributed by atoms with Crippen LogP contribution in [0.15, 0.2) is 35.6 Å². The van der Waals surface area contributed by atoms with Gasteiger partial charge in [0.15, 0.2) is 17.7 Å². The van der Waals surface area contributed by atoms with Crippen LogP contribution in [0.5, 0.6) is 11.5 Å². The van der Waals surface area contributed by atoms with Gasteiger partial charge in [0.05, 0.1) is 5.56 Å². The van der Waals surface area contributed by atoms with Crippen LogP contribution in [0.3, 0.4) is 0 Å². The minimum atomic E-state index is -0.598. The van der Waals surface area contributed by atoms with E-state index in [0.717, 1.165) is 11.1 Å².